The van der Waals surface area contributed by atoms with Crippen LogP contribution in [0.4, 0.5) is 14.6 Å². The summed E-state index contributed by atoms with van der Waals surface area (Å²) in [6, 6.07) is 8.84. The zero-order valence-corrected chi connectivity index (χ0v) is 30.0. The standard InChI is InChI=1S/C41H44F2N6O4/c1-3-29-31(42)13-10-26-21-28(50)22-30(33(26)29)36-35(43)37-34(39(45-36)51-2)38(48-16-6-19-52-20-18-48)47-40(46-37)53-24-41-14-4-7-32(41)49(17-5-15-41)27-11-8-25(23-44)9-12-27/h1,10,13,21-22,25,27,32,50H,4-9,11-12,14-20,24H2,2H3/t25?,27?,32-,41-/m1/s1. The minimum Gasteiger partial charge on any atom is -0.508 e. The Hall–Kier alpha value is -4.78. The molecule has 4 aromatic rings. The Bertz CT molecular complexity index is 2120. The molecule has 2 aromatic carbocycles. The summed E-state index contributed by atoms with van der Waals surface area (Å²) in [6.45, 7) is 3.62. The van der Waals surface area contributed by atoms with Gasteiger partial charge in [0.15, 0.2) is 5.82 Å². The predicted octanol–water partition coefficient (Wildman–Crippen LogP) is 7.14. The van der Waals surface area contributed by atoms with Gasteiger partial charge in [0.1, 0.15) is 34.0 Å². The van der Waals surface area contributed by atoms with Crippen LogP contribution < -0.4 is 14.4 Å². The maximum absolute atomic E-state index is 17.2. The van der Waals surface area contributed by atoms with Gasteiger partial charge in [-0.3, -0.25) is 4.90 Å². The summed E-state index contributed by atoms with van der Waals surface area (Å²) < 4.78 is 50.4. The number of methoxy groups -OCH3 is 1. The zero-order chi connectivity index (χ0) is 36.7. The van der Waals surface area contributed by atoms with E-state index in [1.807, 2.05) is 4.90 Å². The van der Waals surface area contributed by atoms with Crippen molar-refractivity contribution in [3.63, 3.8) is 0 Å². The number of terminal acetylenes is 1. The SMILES string of the molecule is C#Cc1c(F)ccc2cc(O)cc(-c3nc(OC)c4c(N5CCCOCC5)nc(OC[C@]56CCC[C@H]5N(C5CCC(C#N)CC5)CCC6)nc4c3F)c12. The Kier molecular flexibility index (Phi) is 9.69. The molecule has 2 aliphatic carbocycles. The van der Waals surface area contributed by atoms with Crippen LogP contribution in [-0.4, -0.2) is 83.6 Å². The highest BCUT2D eigenvalue weighted by Gasteiger charge is 2.50. The molecule has 2 saturated carbocycles. The van der Waals surface area contributed by atoms with Crippen LogP contribution in [0.2, 0.25) is 0 Å². The Morgan fingerprint density at radius 3 is 2.62 bits per heavy atom. The Balaban J connectivity index is 1.22. The lowest BCUT2D eigenvalue weighted by Crippen LogP contribution is -2.56. The lowest BCUT2D eigenvalue weighted by molar-refractivity contribution is -0.0317. The molecule has 8 rings (SSSR count). The first-order valence-electron chi connectivity index (χ1n) is 18.8. The summed E-state index contributed by atoms with van der Waals surface area (Å²) in [6.07, 6.45) is 15.8. The Morgan fingerprint density at radius 2 is 1.83 bits per heavy atom. The molecule has 4 heterocycles. The molecular weight excluding hydrogens is 678 g/mol. The summed E-state index contributed by atoms with van der Waals surface area (Å²) in [5, 5.41) is 21.1. The lowest BCUT2D eigenvalue weighted by atomic mass is 9.74. The number of benzene rings is 2. The van der Waals surface area contributed by atoms with E-state index in [-0.39, 0.29) is 62.1 Å². The lowest BCUT2D eigenvalue weighted by Gasteiger charge is -2.50. The van der Waals surface area contributed by atoms with Gasteiger partial charge in [-0.05, 0) is 87.9 Å². The van der Waals surface area contributed by atoms with Crippen molar-refractivity contribution in [3.8, 4) is 47.3 Å². The molecule has 276 valence electrons. The van der Waals surface area contributed by atoms with E-state index in [9.17, 15) is 10.4 Å². The third-order valence-corrected chi connectivity index (χ3v) is 12.1. The number of phenolic OH excluding ortho intramolecular Hbond substituents is 1. The van der Waals surface area contributed by atoms with Crippen molar-refractivity contribution in [1.29, 1.82) is 5.26 Å². The van der Waals surface area contributed by atoms with Crippen LogP contribution >= 0.6 is 0 Å². The van der Waals surface area contributed by atoms with Crippen molar-refractivity contribution in [3.05, 3.63) is 41.5 Å². The van der Waals surface area contributed by atoms with Gasteiger partial charge in [-0.25, -0.2) is 13.8 Å². The molecule has 0 spiro atoms. The number of nitriles is 1. The van der Waals surface area contributed by atoms with Gasteiger partial charge in [-0.15, -0.1) is 6.42 Å². The molecule has 2 aromatic heterocycles. The minimum atomic E-state index is -0.798. The van der Waals surface area contributed by atoms with Gasteiger partial charge in [-0.2, -0.15) is 15.2 Å². The number of ether oxygens (including phenoxy) is 3. The van der Waals surface area contributed by atoms with Crippen LogP contribution in [0.5, 0.6) is 17.6 Å². The fourth-order valence-corrected chi connectivity index (χ4v) is 9.55. The largest absolute Gasteiger partial charge is 0.508 e. The van der Waals surface area contributed by atoms with E-state index in [0.717, 1.165) is 70.8 Å². The van der Waals surface area contributed by atoms with Crippen LogP contribution in [0.15, 0.2) is 24.3 Å². The van der Waals surface area contributed by atoms with E-state index in [2.05, 4.69) is 21.9 Å². The van der Waals surface area contributed by atoms with E-state index < -0.39 is 11.6 Å². The normalized spacial score (nSPS) is 25.1. The van der Waals surface area contributed by atoms with Crippen molar-refractivity contribution in [2.45, 2.75) is 76.3 Å². The second-order valence-electron chi connectivity index (χ2n) is 15.0. The Labute approximate surface area is 308 Å². The van der Waals surface area contributed by atoms with E-state index in [1.54, 1.807) is 0 Å². The molecule has 2 atom stereocenters. The zero-order valence-electron chi connectivity index (χ0n) is 30.0. The fourth-order valence-electron chi connectivity index (χ4n) is 9.55. The molecule has 12 heteroatoms. The number of hydrogen-bond donors (Lipinski definition) is 1. The number of hydrogen-bond acceptors (Lipinski definition) is 10. The van der Waals surface area contributed by atoms with Crippen LogP contribution in [0.1, 0.15) is 69.8 Å². The number of rotatable bonds is 7. The highest BCUT2D eigenvalue weighted by atomic mass is 19.1. The smallest absolute Gasteiger partial charge is 0.319 e. The molecule has 0 unspecified atom stereocenters. The van der Waals surface area contributed by atoms with Crippen LogP contribution in [0.25, 0.3) is 32.9 Å². The van der Waals surface area contributed by atoms with Gasteiger partial charge in [0.25, 0.3) is 0 Å². The van der Waals surface area contributed by atoms with E-state index in [1.165, 1.54) is 31.4 Å². The highest BCUT2D eigenvalue weighted by molar-refractivity contribution is 6.04. The molecule has 2 aliphatic heterocycles. The van der Waals surface area contributed by atoms with Gasteiger partial charge >= 0.3 is 6.01 Å². The van der Waals surface area contributed by atoms with Crippen molar-refractivity contribution < 1.29 is 28.1 Å². The molecule has 1 N–H and O–H groups in total. The van der Waals surface area contributed by atoms with Gasteiger partial charge in [-0.1, -0.05) is 18.4 Å². The summed E-state index contributed by atoms with van der Waals surface area (Å²) in [7, 11) is 1.44. The number of piperidine rings is 1. The highest BCUT2D eigenvalue weighted by Crippen LogP contribution is 2.50. The summed E-state index contributed by atoms with van der Waals surface area (Å²) in [5.74, 6) is 1.45. The first kappa shape index (κ1) is 35.3. The predicted molar refractivity (Wildman–Crippen MR) is 197 cm³/mol. The van der Waals surface area contributed by atoms with Crippen molar-refractivity contribution in [2.75, 3.05) is 51.5 Å². The van der Waals surface area contributed by atoms with Gasteiger partial charge in [0.2, 0.25) is 5.88 Å². The van der Waals surface area contributed by atoms with Crippen molar-refractivity contribution >= 4 is 27.5 Å². The van der Waals surface area contributed by atoms with Crippen molar-refractivity contribution in [1.82, 2.24) is 19.9 Å². The second kappa shape index (κ2) is 14.6. The number of phenols is 1. The van der Waals surface area contributed by atoms with E-state index >= 15 is 8.78 Å². The topological polar surface area (TPSA) is 117 Å². The monoisotopic (exact) mass is 722 g/mol. The third-order valence-electron chi connectivity index (χ3n) is 12.1. The maximum Gasteiger partial charge on any atom is 0.319 e. The molecule has 2 saturated heterocycles. The van der Waals surface area contributed by atoms with Gasteiger partial charge < -0.3 is 24.2 Å². The van der Waals surface area contributed by atoms with Gasteiger partial charge in [0.05, 0.1) is 32.0 Å². The number of nitrogens with zero attached hydrogens (tertiary/aromatic N) is 6. The number of aromatic hydroxyl groups is 1. The summed E-state index contributed by atoms with van der Waals surface area (Å²) in [4.78, 5) is 19.0. The molecule has 4 aliphatic rings. The molecular formula is C41H44F2N6O4. The average molecular weight is 723 g/mol. The number of fused-ring (bicyclic) bond motifs is 3. The summed E-state index contributed by atoms with van der Waals surface area (Å²) in [5.41, 5.74) is -0.313. The number of pyridine rings is 1. The van der Waals surface area contributed by atoms with E-state index in [4.69, 9.17) is 30.6 Å². The van der Waals surface area contributed by atoms with Crippen LogP contribution in [0, 0.1) is 46.6 Å². The number of anilines is 1. The first-order valence-corrected chi connectivity index (χ1v) is 18.8. The maximum atomic E-state index is 17.2. The average Bonchev–Trinajstić information content (AvgIpc) is 3.43. The molecule has 0 radical (unpaired) electrons. The molecule has 4 fully saturated rings. The van der Waals surface area contributed by atoms with Crippen LogP contribution in [-0.2, 0) is 4.74 Å². The minimum absolute atomic E-state index is 0.0542. The number of halogens is 2. The third kappa shape index (κ3) is 6.36. The Morgan fingerprint density at radius 1 is 1.00 bits per heavy atom. The molecule has 10 nitrogen and oxygen atoms in total. The van der Waals surface area contributed by atoms with Crippen LogP contribution in [0.3, 0.4) is 0 Å². The van der Waals surface area contributed by atoms with Gasteiger partial charge in [0, 0.05) is 54.1 Å². The second-order valence-corrected chi connectivity index (χ2v) is 15.0. The van der Waals surface area contributed by atoms with Crippen molar-refractivity contribution in [2.24, 2.45) is 11.3 Å². The number of likely N-dealkylation sites (tertiary alicyclic amines) is 1. The quantitative estimate of drug-likeness (QED) is 0.197. The number of aromatic nitrogens is 3. The first-order chi connectivity index (χ1) is 25.8. The molecule has 53 heavy (non-hydrogen) atoms. The van der Waals surface area contributed by atoms with E-state index in [0.29, 0.717) is 56.2 Å². The molecule has 0 amide bonds. The summed E-state index contributed by atoms with van der Waals surface area (Å²) >= 11 is 0. The fraction of sp³-hybridized carbons (Fsp3) is 0.512. The molecule has 0 bridgehead atoms.